The minimum Gasteiger partial charge on any atom is -0.368 e. The van der Waals surface area contributed by atoms with Crippen LogP contribution >= 0.6 is 11.8 Å². The molecule has 0 radical (unpaired) electrons. The number of primary amides is 1. The van der Waals surface area contributed by atoms with Gasteiger partial charge in [-0.2, -0.15) is 0 Å². The van der Waals surface area contributed by atoms with E-state index in [1.165, 1.54) is 31.7 Å². The zero-order valence-electron chi connectivity index (χ0n) is 26.2. The first-order chi connectivity index (χ1) is 22.8. The van der Waals surface area contributed by atoms with E-state index in [-0.39, 0.29) is 12.1 Å². The second kappa shape index (κ2) is 14.4. The lowest BCUT2D eigenvalue weighted by molar-refractivity contribution is -0.387. The van der Waals surface area contributed by atoms with Crippen LogP contribution in [-0.4, -0.2) is 93.2 Å². The highest BCUT2D eigenvalue weighted by molar-refractivity contribution is 7.99. The zero-order valence-corrected chi connectivity index (χ0v) is 27.0. The standard InChI is InChI=1S/C33H40N8O5S/c34-29(42)27(21-23-22-11-1-2-12-24(22)36-30(23)47-28-15-4-3-14-26(28)41(45)46)40-31(43)25(37-33(40)44)13-5-6-16-35-32(38-17-7-8-18-38)39-19-9-10-20-39/h1-4,11-12,14-15,25,27,36H,5-10,13,16-21H2,(H2,34,42)(H,37,44)/t25-,27-/m0/s1. The number of amides is 4. The van der Waals surface area contributed by atoms with Gasteiger partial charge in [0, 0.05) is 56.1 Å². The Morgan fingerprint density at radius 1 is 1.00 bits per heavy atom. The number of likely N-dealkylation sites (tertiary alicyclic amines) is 2. The number of carbonyl (C=O) groups is 3. The van der Waals surface area contributed by atoms with Crippen molar-refractivity contribution in [1.29, 1.82) is 0 Å². The Morgan fingerprint density at radius 3 is 2.34 bits per heavy atom. The summed E-state index contributed by atoms with van der Waals surface area (Å²) in [4.78, 5) is 65.2. The molecule has 4 N–H and O–H groups in total. The third-order valence-electron chi connectivity index (χ3n) is 9.07. The van der Waals surface area contributed by atoms with Gasteiger partial charge >= 0.3 is 6.03 Å². The van der Waals surface area contributed by atoms with Crippen LogP contribution in [-0.2, 0) is 16.0 Å². The Morgan fingerprint density at radius 2 is 1.66 bits per heavy atom. The van der Waals surface area contributed by atoms with Crippen molar-refractivity contribution in [3.05, 3.63) is 64.2 Å². The normalized spacial score (nSPS) is 18.6. The van der Waals surface area contributed by atoms with Crippen LogP contribution in [0.2, 0.25) is 0 Å². The number of aromatic nitrogens is 1. The number of hydrogen-bond acceptors (Lipinski definition) is 7. The van der Waals surface area contributed by atoms with E-state index < -0.39 is 34.9 Å². The number of aliphatic imine (C=N–C) groups is 1. The molecule has 6 rings (SSSR count). The van der Waals surface area contributed by atoms with Gasteiger partial charge in [-0.15, -0.1) is 0 Å². The summed E-state index contributed by atoms with van der Waals surface area (Å²) < 4.78 is 0. The van der Waals surface area contributed by atoms with Crippen molar-refractivity contribution in [3.8, 4) is 0 Å². The summed E-state index contributed by atoms with van der Waals surface area (Å²) in [5.41, 5.74) is 7.18. The predicted octanol–water partition coefficient (Wildman–Crippen LogP) is 4.26. The molecule has 0 unspecified atom stereocenters. The van der Waals surface area contributed by atoms with E-state index >= 15 is 0 Å². The Balaban J connectivity index is 1.14. The number of aromatic amines is 1. The highest BCUT2D eigenvalue weighted by Gasteiger charge is 2.44. The van der Waals surface area contributed by atoms with Crippen molar-refractivity contribution in [1.82, 2.24) is 25.0 Å². The summed E-state index contributed by atoms with van der Waals surface area (Å²) in [5.74, 6) is -0.200. The molecule has 248 valence electrons. The molecule has 0 aliphatic carbocycles. The molecule has 0 saturated carbocycles. The van der Waals surface area contributed by atoms with Crippen molar-refractivity contribution in [3.63, 3.8) is 0 Å². The van der Waals surface area contributed by atoms with Crippen LogP contribution in [0.1, 0.15) is 50.5 Å². The second-order valence-electron chi connectivity index (χ2n) is 12.2. The number of urea groups is 1. The number of benzene rings is 2. The second-order valence-corrected chi connectivity index (χ2v) is 13.3. The molecular weight excluding hydrogens is 620 g/mol. The van der Waals surface area contributed by atoms with Gasteiger partial charge in [-0.05, 0) is 62.6 Å². The fraction of sp³-hybridized carbons (Fsp3) is 0.455. The molecule has 13 nitrogen and oxygen atoms in total. The predicted molar refractivity (Wildman–Crippen MR) is 179 cm³/mol. The van der Waals surface area contributed by atoms with Gasteiger partial charge in [0.05, 0.1) is 14.8 Å². The van der Waals surface area contributed by atoms with E-state index in [1.54, 1.807) is 18.2 Å². The molecule has 3 saturated heterocycles. The summed E-state index contributed by atoms with van der Waals surface area (Å²) in [5, 5.41) is 15.8. The van der Waals surface area contributed by atoms with Gasteiger partial charge in [0.1, 0.15) is 12.1 Å². The Bertz CT molecular complexity index is 1660. The van der Waals surface area contributed by atoms with Gasteiger partial charge in [-0.25, -0.2) is 9.69 Å². The summed E-state index contributed by atoms with van der Waals surface area (Å²) in [7, 11) is 0. The number of carbonyl (C=O) groups excluding carboxylic acids is 3. The minimum atomic E-state index is -1.25. The van der Waals surface area contributed by atoms with E-state index in [1.807, 2.05) is 24.3 Å². The maximum atomic E-state index is 13.6. The van der Waals surface area contributed by atoms with E-state index in [2.05, 4.69) is 20.1 Å². The number of fused-ring (bicyclic) bond motifs is 1. The number of nitro benzene ring substituents is 1. The largest absolute Gasteiger partial charge is 0.368 e. The summed E-state index contributed by atoms with van der Waals surface area (Å²) in [6.07, 6.45) is 6.59. The van der Waals surface area contributed by atoms with Crippen LogP contribution in [0.5, 0.6) is 0 Å². The maximum Gasteiger partial charge on any atom is 0.325 e. The number of nitrogens with one attached hydrogen (secondary N) is 2. The Kier molecular flexibility index (Phi) is 9.95. The Labute approximate surface area is 277 Å². The van der Waals surface area contributed by atoms with Crippen molar-refractivity contribution in [2.24, 2.45) is 10.7 Å². The molecule has 3 aromatic rings. The minimum absolute atomic E-state index is 0.0430. The molecule has 0 bridgehead atoms. The lowest BCUT2D eigenvalue weighted by atomic mass is 10.0. The van der Waals surface area contributed by atoms with E-state index in [0.29, 0.717) is 34.9 Å². The Hall–Kier alpha value is -4.59. The third kappa shape index (κ3) is 7.07. The van der Waals surface area contributed by atoms with Crippen LogP contribution in [0.25, 0.3) is 10.9 Å². The van der Waals surface area contributed by atoms with Gasteiger partial charge < -0.3 is 25.8 Å². The molecular formula is C33H40N8O5S. The lowest BCUT2D eigenvalue weighted by Crippen LogP contribution is -2.49. The van der Waals surface area contributed by atoms with Crippen molar-refractivity contribution in [2.45, 2.75) is 73.4 Å². The molecule has 4 amide bonds. The van der Waals surface area contributed by atoms with Gasteiger partial charge in [-0.3, -0.25) is 24.7 Å². The average Bonchev–Trinajstić information content (AvgIpc) is 3.87. The van der Waals surface area contributed by atoms with E-state index in [9.17, 15) is 24.5 Å². The molecule has 1 aromatic heterocycles. The number of rotatable bonds is 12. The van der Waals surface area contributed by atoms with Crippen LogP contribution in [0.15, 0.2) is 63.4 Å². The first-order valence-corrected chi connectivity index (χ1v) is 17.1. The number of para-hydroxylation sites is 2. The van der Waals surface area contributed by atoms with Crippen LogP contribution in [0, 0.1) is 10.1 Å². The van der Waals surface area contributed by atoms with Crippen LogP contribution in [0.3, 0.4) is 0 Å². The molecule has 2 aromatic carbocycles. The summed E-state index contributed by atoms with van der Waals surface area (Å²) in [6, 6.07) is 11.1. The van der Waals surface area contributed by atoms with Crippen LogP contribution < -0.4 is 11.1 Å². The quantitative estimate of drug-likeness (QED) is 0.0646. The molecule has 3 aliphatic rings. The summed E-state index contributed by atoms with van der Waals surface area (Å²) >= 11 is 1.16. The first-order valence-electron chi connectivity index (χ1n) is 16.3. The molecule has 3 aliphatic heterocycles. The van der Waals surface area contributed by atoms with Crippen LogP contribution in [0.4, 0.5) is 10.5 Å². The first kappa shape index (κ1) is 32.4. The maximum absolute atomic E-state index is 13.6. The number of nitro groups is 1. The van der Waals surface area contributed by atoms with E-state index in [0.717, 1.165) is 66.1 Å². The molecule has 14 heteroatoms. The topological polar surface area (TPSA) is 170 Å². The number of guanidine groups is 1. The fourth-order valence-electron chi connectivity index (χ4n) is 6.69. The molecule has 2 atom stereocenters. The van der Waals surface area contributed by atoms with Crippen molar-refractivity contribution < 1.29 is 19.3 Å². The van der Waals surface area contributed by atoms with Gasteiger partial charge in [0.25, 0.3) is 11.6 Å². The molecule has 0 spiro atoms. The number of imide groups is 1. The fourth-order valence-corrected chi connectivity index (χ4v) is 7.79. The smallest absolute Gasteiger partial charge is 0.325 e. The number of nitrogens with zero attached hydrogens (tertiary/aromatic N) is 5. The molecule has 3 fully saturated rings. The molecule has 47 heavy (non-hydrogen) atoms. The molecule has 4 heterocycles. The van der Waals surface area contributed by atoms with Gasteiger partial charge in [0.2, 0.25) is 5.91 Å². The average molecular weight is 661 g/mol. The van der Waals surface area contributed by atoms with E-state index in [4.69, 9.17) is 10.7 Å². The monoisotopic (exact) mass is 660 g/mol. The summed E-state index contributed by atoms with van der Waals surface area (Å²) in [6.45, 7) is 4.81. The number of H-pyrrole nitrogens is 1. The SMILES string of the molecule is NC(=O)[C@H](Cc1c(Sc2ccccc2[N+](=O)[O-])[nH]c2ccccc12)N1C(=O)N[C@@H](CCCCN=C(N2CCCC2)N2CCCC2)C1=O. The third-order valence-corrected chi connectivity index (χ3v) is 10.2. The highest BCUT2D eigenvalue weighted by Crippen LogP contribution is 2.39. The zero-order chi connectivity index (χ0) is 32.9. The van der Waals surface area contributed by atoms with Gasteiger partial charge in [-0.1, -0.05) is 42.1 Å². The van der Waals surface area contributed by atoms with Crippen molar-refractivity contribution in [2.75, 3.05) is 32.7 Å². The highest BCUT2D eigenvalue weighted by atomic mass is 32.2. The number of nitrogens with two attached hydrogens (primary N) is 1. The lowest BCUT2D eigenvalue weighted by Gasteiger charge is -2.28. The van der Waals surface area contributed by atoms with Gasteiger partial charge in [0.15, 0.2) is 5.96 Å². The number of hydrogen-bond donors (Lipinski definition) is 3. The number of unbranched alkanes of at least 4 members (excludes halogenated alkanes) is 1. The van der Waals surface area contributed by atoms with Crippen molar-refractivity contribution >= 4 is 52.2 Å².